The van der Waals surface area contributed by atoms with Crippen molar-refractivity contribution in [2.24, 2.45) is 5.92 Å². The van der Waals surface area contributed by atoms with E-state index in [1.807, 2.05) is 30.3 Å². The third-order valence-corrected chi connectivity index (χ3v) is 10.4. The molecule has 1 rings (SSSR count). The lowest BCUT2D eigenvalue weighted by Crippen LogP contribution is -2.23. The summed E-state index contributed by atoms with van der Waals surface area (Å²) in [5.74, 6) is 0.180. The van der Waals surface area contributed by atoms with Crippen LogP contribution in [0.3, 0.4) is 0 Å². The molecule has 0 bridgehead atoms. The molecule has 0 fully saturated rings. The molecule has 0 saturated heterocycles. The van der Waals surface area contributed by atoms with Crippen LogP contribution in [0.2, 0.25) is 0 Å². The van der Waals surface area contributed by atoms with Crippen LogP contribution >= 0.6 is 0 Å². The molecule has 0 amide bonds. The van der Waals surface area contributed by atoms with Crippen molar-refractivity contribution in [3.63, 3.8) is 0 Å². The molecule has 49 heavy (non-hydrogen) atoms. The maximum Gasteiger partial charge on any atom is 0.138 e. The molecule has 0 spiro atoms. The van der Waals surface area contributed by atoms with E-state index in [0.29, 0.717) is 32.5 Å². The molecule has 0 aliphatic carbocycles. The second-order valence-electron chi connectivity index (χ2n) is 15.3. The number of ether oxygens (including phenoxy) is 1. The van der Waals surface area contributed by atoms with Crippen LogP contribution < -0.4 is 0 Å². The lowest BCUT2D eigenvalue weighted by Gasteiger charge is -2.16. The fraction of sp³-hybridized carbons (Fsp3) is 0.826. The highest BCUT2D eigenvalue weighted by atomic mass is 16.5. The number of carbonyl (C=O) groups excluding carboxylic acids is 2. The minimum atomic E-state index is -0.292. The molecule has 0 N–H and O–H groups in total. The lowest BCUT2D eigenvalue weighted by atomic mass is 9.92. The predicted molar refractivity (Wildman–Crippen MR) is 213 cm³/mol. The normalized spacial score (nSPS) is 12.0. The van der Waals surface area contributed by atoms with Gasteiger partial charge in [0.05, 0.1) is 13.2 Å². The smallest absolute Gasteiger partial charge is 0.138 e. The molecule has 1 aromatic carbocycles. The molecule has 0 heterocycles. The number of benzene rings is 1. The Morgan fingerprint density at radius 3 is 1.20 bits per heavy atom. The van der Waals surface area contributed by atoms with Crippen molar-refractivity contribution in [2.45, 2.75) is 232 Å². The predicted octanol–water partition coefficient (Wildman–Crippen LogP) is 14.9. The quantitative estimate of drug-likeness (QED) is 0.0649. The molecule has 0 unspecified atom stereocenters. The summed E-state index contributed by atoms with van der Waals surface area (Å²) in [4.78, 5) is 26.2. The van der Waals surface area contributed by atoms with Gasteiger partial charge in [0.15, 0.2) is 0 Å². The molecule has 1 aromatic rings. The maximum atomic E-state index is 13.2. The SMILES string of the molecule is CCCCCCCCCCCCCCCCCC(=O)C[C@H](COCc1ccccc1)C(=O)CCCCCCCCCCCCCCCCC. The van der Waals surface area contributed by atoms with E-state index >= 15 is 0 Å². The first-order valence-electron chi connectivity index (χ1n) is 21.8. The van der Waals surface area contributed by atoms with Crippen molar-refractivity contribution in [1.29, 1.82) is 0 Å². The zero-order chi connectivity index (χ0) is 35.3. The van der Waals surface area contributed by atoms with Gasteiger partial charge in [0, 0.05) is 25.2 Å². The van der Waals surface area contributed by atoms with Gasteiger partial charge in [-0.15, -0.1) is 0 Å². The van der Waals surface area contributed by atoms with Crippen LogP contribution in [0.4, 0.5) is 0 Å². The summed E-state index contributed by atoms with van der Waals surface area (Å²) in [7, 11) is 0. The highest BCUT2D eigenvalue weighted by Gasteiger charge is 2.21. The van der Waals surface area contributed by atoms with E-state index < -0.39 is 0 Å². The van der Waals surface area contributed by atoms with Crippen LogP contribution in [-0.2, 0) is 20.9 Å². The average molecular weight is 683 g/mol. The van der Waals surface area contributed by atoms with Crippen LogP contribution in [0.25, 0.3) is 0 Å². The number of hydrogen-bond donors (Lipinski definition) is 0. The Labute approximate surface area is 305 Å². The van der Waals surface area contributed by atoms with Gasteiger partial charge in [-0.25, -0.2) is 0 Å². The highest BCUT2D eigenvalue weighted by molar-refractivity contribution is 5.88. The van der Waals surface area contributed by atoms with Gasteiger partial charge < -0.3 is 4.74 Å². The molecule has 1 atom stereocenters. The molecular formula is C46H82O3. The van der Waals surface area contributed by atoms with Crippen LogP contribution in [-0.4, -0.2) is 18.2 Å². The van der Waals surface area contributed by atoms with Gasteiger partial charge in [-0.05, 0) is 18.4 Å². The Morgan fingerprint density at radius 2 is 0.816 bits per heavy atom. The topological polar surface area (TPSA) is 43.4 Å². The summed E-state index contributed by atoms with van der Waals surface area (Å²) < 4.78 is 5.99. The van der Waals surface area contributed by atoms with Gasteiger partial charge >= 0.3 is 0 Å². The fourth-order valence-corrected chi connectivity index (χ4v) is 7.10. The summed E-state index contributed by atoms with van der Waals surface area (Å²) in [6.45, 7) is 5.42. The number of unbranched alkanes of at least 4 members (excludes halogenated alkanes) is 28. The zero-order valence-electron chi connectivity index (χ0n) is 32.9. The van der Waals surface area contributed by atoms with Crippen molar-refractivity contribution in [3.8, 4) is 0 Å². The Hall–Kier alpha value is -1.48. The molecule has 0 saturated carbocycles. The van der Waals surface area contributed by atoms with E-state index in [-0.39, 0.29) is 17.5 Å². The first-order chi connectivity index (χ1) is 24.2. The molecule has 3 nitrogen and oxygen atoms in total. The summed E-state index contributed by atoms with van der Waals surface area (Å²) in [6, 6.07) is 10.1. The van der Waals surface area contributed by atoms with Crippen LogP contribution in [0, 0.1) is 5.92 Å². The number of ketones is 2. The van der Waals surface area contributed by atoms with Crippen molar-refractivity contribution in [1.82, 2.24) is 0 Å². The third-order valence-electron chi connectivity index (χ3n) is 10.4. The third kappa shape index (κ3) is 31.0. The minimum absolute atomic E-state index is 0.229. The first-order valence-corrected chi connectivity index (χ1v) is 21.8. The van der Waals surface area contributed by atoms with Gasteiger partial charge in [0.1, 0.15) is 11.6 Å². The molecule has 3 heteroatoms. The van der Waals surface area contributed by atoms with Crippen molar-refractivity contribution >= 4 is 11.6 Å². The Bertz CT molecular complexity index is 834. The van der Waals surface area contributed by atoms with E-state index in [2.05, 4.69) is 13.8 Å². The van der Waals surface area contributed by atoms with Crippen LogP contribution in [0.1, 0.15) is 231 Å². The Morgan fingerprint density at radius 1 is 0.469 bits per heavy atom. The molecule has 284 valence electrons. The van der Waals surface area contributed by atoms with E-state index in [0.717, 1.165) is 31.2 Å². The number of carbonyl (C=O) groups is 2. The van der Waals surface area contributed by atoms with E-state index in [1.54, 1.807) is 0 Å². The fourth-order valence-electron chi connectivity index (χ4n) is 7.10. The monoisotopic (exact) mass is 683 g/mol. The van der Waals surface area contributed by atoms with Crippen molar-refractivity contribution in [2.75, 3.05) is 6.61 Å². The Balaban J connectivity index is 2.16. The van der Waals surface area contributed by atoms with Crippen LogP contribution in [0.15, 0.2) is 30.3 Å². The number of rotatable bonds is 39. The molecule has 0 aromatic heterocycles. The maximum absolute atomic E-state index is 13.2. The molecule has 0 radical (unpaired) electrons. The van der Waals surface area contributed by atoms with Gasteiger partial charge in [-0.2, -0.15) is 0 Å². The summed E-state index contributed by atoms with van der Waals surface area (Å²) >= 11 is 0. The average Bonchev–Trinajstić information content (AvgIpc) is 3.11. The van der Waals surface area contributed by atoms with Gasteiger partial charge in [0.2, 0.25) is 0 Å². The molecule has 0 aliphatic heterocycles. The summed E-state index contributed by atoms with van der Waals surface area (Å²) in [5.41, 5.74) is 1.11. The molecular weight excluding hydrogens is 601 g/mol. The number of Topliss-reactive ketones (excluding diaryl/α,β-unsaturated/α-hetero) is 2. The first kappa shape index (κ1) is 45.5. The second-order valence-corrected chi connectivity index (χ2v) is 15.3. The number of hydrogen-bond acceptors (Lipinski definition) is 3. The standard InChI is InChI=1S/C46H82O3/c1-3-5-7-9-11-13-15-17-19-21-23-25-27-29-34-38-45(47)40-44(42-49-41-43-36-32-31-33-37-43)46(48)39-35-30-28-26-24-22-20-18-16-14-12-10-8-6-4-2/h31-33,36-37,44H,3-30,34-35,38-42H2,1-2H3/t44-/m1/s1. The van der Waals surface area contributed by atoms with E-state index in [9.17, 15) is 9.59 Å². The highest BCUT2D eigenvalue weighted by Crippen LogP contribution is 2.19. The lowest BCUT2D eigenvalue weighted by molar-refractivity contribution is -0.130. The van der Waals surface area contributed by atoms with E-state index in [1.165, 1.54) is 167 Å². The van der Waals surface area contributed by atoms with Crippen molar-refractivity contribution in [3.05, 3.63) is 35.9 Å². The summed E-state index contributed by atoms with van der Waals surface area (Å²) in [5, 5.41) is 0. The summed E-state index contributed by atoms with van der Waals surface area (Å²) in [6.07, 6.45) is 41.3. The van der Waals surface area contributed by atoms with Crippen molar-refractivity contribution < 1.29 is 14.3 Å². The largest absolute Gasteiger partial charge is 0.376 e. The Kier molecular flexibility index (Phi) is 33.8. The zero-order valence-corrected chi connectivity index (χ0v) is 32.9. The van der Waals surface area contributed by atoms with Gasteiger partial charge in [-0.3, -0.25) is 9.59 Å². The van der Waals surface area contributed by atoms with Crippen LogP contribution in [0.5, 0.6) is 0 Å². The van der Waals surface area contributed by atoms with E-state index in [4.69, 9.17) is 4.74 Å². The van der Waals surface area contributed by atoms with Gasteiger partial charge in [-0.1, -0.05) is 224 Å². The minimum Gasteiger partial charge on any atom is -0.376 e. The second kappa shape index (κ2) is 36.3. The molecule has 0 aliphatic rings. The van der Waals surface area contributed by atoms with Gasteiger partial charge in [0.25, 0.3) is 0 Å².